The molecule has 114 valence electrons. The van der Waals surface area contributed by atoms with Crippen molar-refractivity contribution in [1.82, 2.24) is 14.5 Å². The van der Waals surface area contributed by atoms with Crippen molar-refractivity contribution in [3.05, 3.63) is 40.7 Å². The van der Waals surface area contributed by atoms with Crippen LogP contribution >= 0.6 is 11.6 Å². The average molecular weight is 329 g/mol. The maximum Gasteiger partial charge on any atom is 0.240 e. The quantitative estimate of drug-likeness (QED) is 0.817. The fraction of sp³-hybridized carbons (Fsp3) is 0.308. The molecule has 0 aliphatic rings. The van der Waals surface area contributed by atoms with E-state index >= 15 is 0 Å². The van der Waals surface area contributed by atoms with Gasteiger partial charge < -0.3 is 5.73 Å². The van der Waals surface area contributed by atoms with Crippen molar-refractivity contribution in [3.63, 3.8) is 0 Å². The van der Waals surface area contributed by atoms with Gasteiger partial charge in [0.15, 0.2) is 0 Å². The highest BCUT2D eigenvalue weighted by Gasteiger charge is 2.16. The van der Waals surface area contributed by atoms with E-state index in [0.29, 0.717) is 5.02 Å². The Morgan fingerprint density at radius 3 is 2.76 bits per heavy atom. The van der Waals surface area contributed by atoms with E-state index in [-0.39, 0.29) is 17.1 Å². The number of nitrogens with one attached hydrogen (secondary N) is 1. The van der Waals surface area contributed by atoms with Crippen LogP contribution in [0.1, 0.15) is 18.2 Å². The normalized spacial score (nSPS) is 11.8. The first-order valence-electron chi connectivity index (χ1n) is 6.39. The van der Waals surface area contributed by atoms with Crippen molar-refractivity contribution < 1.29 is 8.42 Å². The van der Waals surface area contributed by atoms with Gasteiger partial charge in [0.2, 0.25) is 10.0 Å². The number of aromatic nitrogens is 2. The van der Waals surface area contributed by atoms with Crippen LogP contribution in [0.2, 0.25) is 5.02 Å². The first-order chi connectivity index (χ1) is 9.83. The largest absolute Gasteiger partial charge is 0.397 e. The predicted molar refractivity (Wildman–Crippen MR) is 82.5 cm³/mol. The van der Waals surface area contributed by atoms with E-state index in [9.17, 15) is 8.42 Å². The third kappa shape index (κ3) is 3.55. The van der Waals surface area contributed by atoms with Crippen LogP contribution in [0.4, 0.5) is 5.69 Å². The molecule has 0 saturated heterocycles. The number of rotatable bonds is 5. The van der Waals surface area contributed by atoms with E-state index < -0.39 is 10.0 Å². The molecule has 0 atom stereocenters. The van der Waals surface area contributed by atoms with Gasteiger partial charge in [0.05, 0.1) is 21.3 Å². The summed E-state index contributed by atoms with van der Waals surface area (Å²) in [5.74, 6) is 0. The standard InChI is InChI=1S/C13H17ClN4O2S/c1-3-13-9(8-18(2)17-13)7-16-21(19,20)10-4-5-11(14)12(15)6-10/h4-6,8,16H,3,7,15H2,1-2H3. The second kappa shape index (κ2) is 6.05. The molecule has 0 spiro atoms. The Morgan fingerprint density at radius 2 is 2.14 bits per heavy atom. The zero-order valence-corrected chi connectivity index (χ0v) is 13.4. The molecular weight excluding hydrogens is 312 g/mol. The molecule has 8 heteroatoms. The number of aryl methyl sites for hydroxylation is 2. The summed E-state index contributed by atoms with van der Waals surface area (Å²) >= 11 is 5.79. The van der Waals surface area contributed by atoms with Gasteiger partial charge in [-0.15, -0.1) is 0 Å². The van der Waals surface area contributed by atoms with E-state index in [4.69, 9.17) is 17.3 Å². The highest BCUT2D eigenvalue weighted by atomic mass is 35.5. The Bertz CT molecular complexity index is 756. The lowest BCUT2D eigenvalue weighted by atomic mass is 10.2. The second-order valence-electron chi connectivity index (χ2n) is 4.64. The number of nitrogens with zero attached hydrogens (tertiary/aromatic N) is 2. The van der Waals surface area contributed by atoms with Gasteiger partial charge in [0, 0.05) is 25.4 Å². The van der Waals surface area contributed by atoms with E-state index in [1.54, 1.807) is 17.9 Å². The minimum absolute atomic E-state index is 0.0892. The molecule has 0 unspecified atom stereocenters. The molecule has 0 aliphatic carbocycles. The van der Waals surface area contributed by atoms with Crippen molar-refractivity contribution >= 4 is 27.3 Å². The maximum atomic E-state index is 12.2. The highest BCUT2D eigenvalue weighted by Crippen LogP contribution is 2.22. The van der Waals surface area contributed by atoms with Crippen LogP contribution in [0, 0.1) is 0 Å². The molecule has 2 aromatic rings. The van der Waals surface area contributed by atoms with Crippen LogP contribution in [-0.2, 0) is 30.0 Å². The lowest BCUT2D eigenvalue weighted by Crippen LogP contribution is -2.23. The number of anilines is 1. The first-order valence-corrected chi connectivity index (χ1v) is 8.25. The molecular formula is C13H17ClN4O2S. The summed E-state index contributed by atoms with van der Waals surface area (Å²) in [6.45, 7) is 2.15. The predicted octanol–water partition coefficient (Wildman–Crippen LogP) is 1.70. The second-order valence-corrected chi connectivity index (χ2v) is 6.81. The number of halogens is 1. The number of hydrogen-bond donors (Lipinski definition) is 2. The molecule has 1 aromatic heterocycles. The highest BCUT2D eigenvalue weighted by molar-refractivity contribution is 7.89. The molecule has 3 N–H and O–H groups in total. The Kier molecular flexibility index (Phi) is 4.55. The molecule has 0 bridgehead atoms. The number of hydrogen-bond acceptors (Lipinski definition) is 4. The fourth-order valence-corrected chi connectivity index (χ4v) is 3.13. The minimum Gasteiger partial charge on any atom is -0.397 e. The van der Waals surface area contributed by atoms with E-state index in [2.05, 4.69) is 9.82 Å². The molecule has 21 heavy (non-hydrogen) atoms. The summed E-state index contributed by atoms with van der Waals surface area (Å²) in [5.41, 5.74) is 7.59. The fourth-order valence-electron chi connectivity index (χ4n) is 1.97. The summed E-state index contributed by atoms with van der Waals surface area (Å²) in [6.07, 6.45) is 2.55. The van der Waals surface area contributed by atoms with Crippen molar-refractivity contribution in [2.45, 2.75) is 24.8 Å². The van der Waals surface area contributed by atoms with Gasteiger partial charge in [0.1, 0.15) is 0 Å². The molecule has 2 rings (SSSR count). The molecule has 6 nitrogen and oxygen atoms in total. The van der Waals surface area contributed by atoms with Gasteiger partial charge in [0.25, 0.3) is 0 Å². The maximum absolute atomic E-state index is 12.2. The van der Waals surface area contributed by atoms with Crippen molar-refractivity contribution in [2.24, 2.45) is 7.05 Å². The van der Waals surface area contributed by atoms with Crippen LogP contribution < -0.4 is 10.5 Å². The van der Waals surface area contributed by atoms with E-state index in [1.807, 2.05) is 6.92 Å². The van der Waals surface area contributed by atoms with Crippen LogP contribution in [0.5, 0.6) is 0 Å². The average Bonchev–Trinajstić information content (AvgIpc) is 2.80. The number of benzene rings is 1. The van der Waals surface area contributed by atoms with Crippen LogP contribution in [-0.4, -0.2) is 18.2 Å². The Labute approximate surface area is 129 Å². The third-order valence-corrected chi connectivity index (χ3v) is 4.80. The summed E-state index contributed by atoms with van der Waals surface area (Å²) in [5, 5.41) is 4.60. The summed E-state index contributed by atoms with van der Waals surface area (Å²) in [6, 6.07) is 4.23. The van der Waals surface area contributed by atoms with Gasteiger partial charge in [-0.25, -0.2) is 13.1 Å². The number of sulfonamides is 1. The van der Waals surface area contributed by atoms with Gasteiger partial charge in [-0.1, -0.05) is 18.5 Å². The molecule has 0 amide bonds. The summed E-state index contributed by atoms with van der Waals surface area (Å²) in [7, 11) is -1.84. The topological polar surface area (TPSA) is 90.0 Å². The van der Waals surface area contributed by atoms with Gasteiger partial charge in [-0.2, -0.15) is 5.10 Å². The van der Waals surface area contributed by atoms with E-state index in [0.717, 1.165) is 17.7 Å². The van der Waals surface area contributed by atoms with Crippen LogP contribution in [0.15, 0.2) is 29.3 Å². The summed E-state index contributed by atoms with van der Waals surface area (Å²) < 4.78 is 28.7. The zero-order chi connectivity index (χ0) is 15.6. The van der Waals surface area contributed by atoms with Gasteiger partial charge in [-0.3, -0.25) is 4.68 Å². The molecule has 1 heterocycles. The Balaban J connectivity index is 2.19. The summed E-state index contributed by atoms with van der Waals surface area (Å²) in [4.78, 5) is 0.0892. The first kappa shape index (κ1) is 15.8. The van der Waals surface area contributed by atoms with Crippen LogP contribution in [0.25, 0.3) is 0 Å². The molecule has 0 saturated carbocycles. The zero-order valence-electron chi connectivity index (χ0n) is 11.8. The monoisotopic (exact) mass is 328 g/mol. The Hall–Kier alpha value is -1.57. The number of nitrogen functional groups attached to an aromatic ring is 1. The lowest BCUT2D eigenvalue weighted by Gasteiger charge is -2.08. The third-order valence-electron chi connectivity index (χ3n) is 3.06. The molecule has 0 aliphatic heterocycles. The van der Waals surface area contributed by atoms with Crippen molar-refractivity contribution in [1.29, 1.82) is 0 Å². The van der Waals surface area contributed by atoms with Gasteiger partial charge >= 0.3 is 0 Å². The molecule has 0 radical (unpaired) electrons. The van der Waals surface area contributed by atoms with Crippen LogP contribution in [0.3, 0.4) is 0 Å². The smallest absolute Gasteiger partial charge is 0.240 e. The molecule has 0 fully saturated rings. The number of nitrogens with two attached hydrogens (primary N) is 1. The van der Waals surface area contributed by atoms with Crippen molar-refractivity contribution in [2.75, 3.05) is 5.73 Å². The van der Waals surface area contributed by atoms with E-state index in [1.165, 1.54) is 18.2 Å². The Morgan fingerprint density at radius 1 is 1.43 bits per heavy atom. The SMILES string of the molecule is CCc1nn(C)cc1CNS(=O)(=O)c1ccc(Cl)c(N)c1. The van der Waals surface area contributed by atoms with Gasteiger partial charge in [-0.05, 0) is 24.6 Å². The minimum atomic E-state index is -3.64. The lowest BCUT2D eigenvalue weighted by molar-refractivity contribution is 0.581. The molecule has 1 aromatic carbocycles. The van der Waals surface area contributed by atoms with Crippen molar-refractivity contribution in [3.8, 4) is 0 Å².